The number of nitrogens with zero attached hydrogens (tertiary/aromatic N) is 4. The first-order valence-corrected chi connectivity index (χ1v) is 9.60. The van der Waals surface area contributed by atoms with Crippen LogP contribution in [0.25, 0.3) is 23.2 Å². The number of imidazole rings is 1. The van der Waals surface area contributed by atoms with E-state index in [2.05, 4.69) is 42.6 Å². The molecular formula is C23H19N7. The van der Waals surface area contributed by atoms with E-state index in [9.17, 15) is 0 Å². The molecule has 0 saturated heterocycles. The molecule has 2 aromatic carbocycles. The highest BCUT2D eigenvalue weighted by atomic mass is 15.1. The van der Waals surface area contributed by atoms with Crippen LogP contribution in [0.1, 0.15) is 22.5 Å². The number of rotatable bonds is 6. The topological polar surface area (TPSA) is 95.2 Å². The van der Waals surface area contributed by atoms with Crippen molar-refractivity contribution in [3.8, 4) is 0 Å². The van der Waals surface area contributed by atoms with E-state index in [1.165, 1.54) is 11.9 Å². The zero-order chi connectivity index (χ0) is 20.2. The fourth-order valence-corrected chi connectivity index (χ4v) is 3.25. The number of nitrogens with one attached hydrogen (secondary N) is 3. The minimum Gasteiger partial charge on any atom is -0.342 e. The largest absolute Gasteiger partial charge is 0.342 e. The van der Waals surface area contributed by atoms with Crippen molar-refractivity contribution in [3.05, 3.63) is 96.0 Å². The third-order valence-electron chi connectivity index (χ3n) is 4.72. The van der Waals surface area contributed by atoms with Gasteiger partial charge in [0.2, 0.25) is 0 Å². The van der Waals surface area contributed by atoms with Gasteiger partial charge in [-0.1, -0.05) is 36.4 Å². The molecule has 0 fully saturated rings. The van der Waals surface area contributed by atoms with Crippen LogP contribution in [0.15, 0.2) is 73.4 Å². The molecule has 146 valence electrons. The van der Waals surface area contributed by atoms with Gasteiger partial charge in [-0.15, -0.1) is 0 Å². The van der Waals surface area contributed by atoms with Crippen molar-refractivity contribution >= 4 is 34.7 Å². The van der Waals surface area contributed by atoms with Crippen LogP contribution in [0.5, 0.6) is 0 Å². The molecule has 0 amide bonds. The molecule has 5 aromatic rings. The second-order valence-corrected chi connectivity index (χ2v) is 6.89. The Hall–Kier alpha value is -4.26. The summed E-state index contributed by atoms with van der Waals surface area (Å²) < 4.78 is 0. The molecule has 3 aromatic heterocycles. The van der Waals surface area contributed by atoms with E-state index >= 15 is 0 Å². The minimum absolute atomic E-state index is 0.730. The molecule has 0 aliphatic rings. The van der Waals surface area contributed by atoms with Crippen molar-refractivity contribution in [3.63, 3.8) is 0 Å². The van der Waals surface area contributed by atoms with Gasteiger partial charge in [0.05, 0.1) is 17.2 Å². The molecule has 30 heavy (non-hydrogen) atoms. The second kappa shape index (κ2) is 8.00. The Morgan fingerprint density at radius 3 is 2.80 bits per heavy atom. The van der Waals surface area contributed by atoms with Gasteiger partial charge in [0.1, 0.15) is 18.0 Å². The SMILES string of the molecule is C(=Cc1cncnc1Nc1ccc2nc(Cc3ccccc3)[nH]c2c1)c1cn[nH]c1. The van der Waals surface area contributed by atoms with Crippen molar-refractivity contribution in [1.29, 1.82) is 0 Å². The van der Waals surface area contributed by atoms with Crippen molar-refractivity contribution < 1.29 is 0 Å². The zero-order valence-corrected chi connectivity index (χ0v) is 16.1. The smallest absolute Gasteiger partial charge is 0.141 e. The molecule has 0 aliphatic carbocycles. The van der Waals surface area contributed by atoms with Gasteiger partial charge in [0.25, 0.3) is 0 Å². The van der Waals surface area contributed by atoms with Crippen LogP contribution in [0, 0.1) is 0 Å². The highest BCUT2D eigenvalue weighted by Gasteiger charge is 2.07. The summed E-state index contributed by atoms with van der Waals surface area (Å²) in [6, 6.07) is 16.4. The average Bonchev–Trinajstić information content (AvgIpc) is 3.43. The van der Waals surface area contributed by atoms with Crippen LogP contribution in [0.3, 0.4) is 0 Å². The molecule has 0 radical (unpaired) electrons. The molecule has 7 nitrogen and oxygen atoms in total. The maximum atomic E-state index is 4.70. The Balaban J connectivity index is 1.38. The first kappa shape index (κ1) is 17.8. The van der Waals surface area contributed by atoms with E-state index < -0.39 is 0 Å². The van der Waals surface area contributed by atoms with Crippen LogP contribution in [0.2, 0.25) is 0 Å². The molecule has 0 spiro atoms. The van der Waals surface area contributed by atoms with E-state index in [-0.39, 0.29) is 0 Å². The molecule has 0 bridgehead atoms. The summed E-state index contributed by atoms with van der Waals surface area (Å²) in [4.78, 5) is 16.7. The highest BCUT2D eigenvalue weighted by molar-refractivity contribution is 5.82. The summed E-state index contributed by atoms with van der Waals surface area (Å²) in [5.41, 5.74) is 5.94. The highest BCUT2D eigenvalue weighted by Crippen LogP contribution is 2.23. The van der Waals surface area contributed by atoms with Gasteiger partial charge in [0, 0.05) is 35.6 Å². The molecule has 0 atom stereocenters. The lowest BCUT2D eigenvalue weighted by Gasteiger charge is -2.08. The van der Waals surface area contributed by atoms with Gasteiger partial charge < -0.3 is 10.3 Å². The number of H-pyrrole nitrogens is 2. The first-order chi connectivity index (χ1) is 14.8. The van der Waals surface area contributed by atoms with Crippen molar-refractivity contribution in [1.82, 2.24) is 30.1 Å². The molecule has 5 rings (SSSR count). The summed E-state index contributed by atoms with van der Waals surface area (Å²) in [7, 11) is 0. The van der Waals surface area contributed by atoms with E-state index in [1.807, 2.05) is 54.7 Å². The van der Waals surface area contributed by atoms with Crippen molar-refractivity contribution in [2.45, 2.75) is 6.42 Å². The Kier molecular flexibility index (Phi) is 4.75. The van der Waals surface area contributed by atoms with E-state index in [0.29, 0.717) is 0 Å². The van der Waals surface area contributed by atoms with Crippen LogP contribution in [-0.4, -0.2) is 30.1 Å². The van der Waals surface area contributed by atoms with Gasteiger partial charge in [-0.25, -0.2) is 15.0 Å². The Morgan fingerprint density at radius 2 is 1.93 bits per heavy atom. The maximum absolute atomic E-state index is 4.70. The second-order valence-electron chi connectivity index (χ2n) is 6.89. The van der Waals surface area contributed by atoms with E-state index in [4.69, 9.17) is 4.98 Å². The summed E-state index contributed by atoms with van der Waals surface area (Å²) in [5.74, 6) is 1.67. The molecule has 0 unspecified atom stereocenters. The quantitative estimate of drug-likeness (QED) is 0.392. The number of hydrogen-bond donors (Lipinski definition) is 3. The predicted molar refractivity (Wildman–Crippen MR) is 118 cm³/mol. The maximum Gasteiger partial charge on any atom is 0.141 e. The Morgan fingerprint density at radius 1 is 1.00 bits per heavy atom. The normalized spacial score (nSPS) is 11.3. The van der Waals surface area contributed by atoms with Crippen molar-refractivity contribution in [2.75, 3.05) is 5.32 Å². The standard InChI is InChI=1S/C23H19N7/c1-2-4-16(5-3-1)10-22-29-20-9-8-19(11-21(20)30-22)28-23-18(14-24-15-25-23)7-6-17-12-26-27-13-17/h1-9,11-15H,10H2,(H,26,27)(H,29,30)(H,24,25,28). The summed E-state index contributed by atoms with van der Waals surface area (Å²) in [6.45, 7) is 0. The summed E-state index contributed by atoms with van der Waals surface area (Å²) >= 11 is 0. The number of benzene rings is 2. The minimum atomic E-state index is 0.730. The molecule has 3 heterocycles. The third kappa shape index (κ3) is 3.95. The fourth-order valence-electron chi connectivity index (χ4n) is 3.25. The van der Waals surface area contributed by atoms with Gasteiger partial charge >= 0.3 is 0 Å². The lowest BCUT2D eigenvalue weighted by atomic mass is 10.1. The van der Waals surface area contributed by atoms with Crippen LogP contribution in [-0.2, 0) is 6.42 Å². The number of aromatic nitrogens is 6. The zero-order valence-electron chi connectivity index (χ0n) is 16.1. The predicted octanol–water partition coefficient (Wildman–Crippen LogP) is 4.58. The van der Waals surface area contributed by atoms with Gasteiger partial charge in [-0.2, -0.15) is 5.10 Å². The molecule has 7 heteroatoms. The van der Waals surface area contributed by atoms with Crippen LogP contribution < -0.4 is 5.32 Å². The average molecular weight is 393 g/mol. The van der Waals surface area contributed by atoms with E-state index in [1.54, 1.807) is 12.4 Å². The number of hydrogen-bond acceptors (Lipinski definition) is 5. The Labute approximate surface area is 173 Å². The monoisotopic (exact) mass is 393 g/mol. The molecule has 3 N–H and O–H groups in total. The number of aromatic amines is 2. The summed E-state index contributed by atoms with van der Waals surface area (Å²) in [5, 5.41) is 10.1. The fraction of sp³-hybridized carbons (Fsp3) is 0.0435. The summed E-state index contributed by atoms with van der Waals surface area (Å²) in [6.07, 6.45) is 11.6. The van der Waals surface area contributed by atoms with Crippen molar-refractivity contribution in [2.24, 2.45) is 0 Å². The molecular weight excluding hydrogens is 374 g/mol. The Bertz CT molecular complexity index is 1290. The van der Waals surface area contributed by atoms with Crippen LogP contribution in [0.4, 0.5) is 11.5 Å². The lowest BCUT2D eigenvalue weighted by molar-refractivity contribution is 1.04. The van der Waals surface area contributed by atoms with Gasteiger partial charge in [-0.05, 0) is 29.8 Å². The van der Waals surface area contributed by atoms with Crippen LogP contribution >= 0.6 is 0 Å². The molecule has 0 saturated carbocycles. The lowest BCUT2D eigenvalue weighted by Crippen LogP contribution is -1.97. The molecule has 0 aliphatic heterocycles. The van der Waals surface area contributed by atoms with Gasteiger partial charge in [0.15, 0.2) is 0 Å². The number of anilines is 2. The third-order valence-corrected chi connectivity index (χ3v) is 4.72. The van der Waals surface area contributed by atoms with Gasteiger partial charge in [-0.3, -0.25) is 5.10 Å². The number of fused-ring (bicyclic) bond motifs is 1. The first-order valence-electron chi connectivity index (χ1n) is 9.60. The van der Waals surface area contributed by atoms with E-state index in [0.717, 1.165) is 45.9 Å².